The zero-order valence-electron chi connectivity index (χ0n) is 31.7. The summed E-state index contributed by atoms with van der Waals surface area (Å²) in [6.45, 7) is 0. The molecule has 0 aliphatic heterocycles. The summed E-state index contributed by atoms with van der Waals surface area (Å²) < 4.78 is 0. The van der Waals surface area contributed by atoms with Crippen molar-refractivity contribution in [1.29, 1.82) is 0 Å². The Morgan fingerprint density at radius 1 is 0.224 bits per heavy atom. The van der Waals surface area contributed by atoms with Crippen LogP contribution in [0.3, 0.4) is 0 Å². The average Bonchev–Trinajstić information content (AvgIpc) is 3.30. The lowest BCUT2D eigenvalue weighted by Crippen LogP contribution is -1.97. The molecular weight excluding hydrogens is 701 g/mol. The fourth-order valence-corrected chi connectivity index (χ4v) is 8.58. The third-order valence-electron chi connectivity index (χ3n) is 11.4. The van der Waals surface area contributed by atoms with E-state index in [2.05, 4.69) is 194 Å². The van der Waals surface area contributed by atoms with Crippen LogP contribution in [0.1, 0.15) is 0 Å². The van der Waals surface area contributed by atoms with E-state index in [-0.39, 0.29) is 0 Å². The van der Waals surface area contributed by atoms with Gasteiger partial charge in [-0.1, -0.05) is 188 Å². The molecule has 0 saturated heterocycles. The molecule has 0 aliphatic rings. The van der Waals surface area contributed by atoms with Crippen LogP contribution in [0.2, 0.25) is 0 Å². The van der Waals surface area contributed by atoms with E-state index in [1.165, 1.54) is 76.5 Å². The van der Waals surface area contributed by atoms with Crippen molar-refractivity contribution in [3.8, 4) is 67.3 Å². The van der Waals surface area contributed by atoms with Crippen LogP contribution in [-0.4, -0.2) is 9.97 Å². The monoisotopic (exact) mass is 736 g/mol. The van der Waals surface area contributed by atoms with E-state index in [1.54, 1.807) is 0 Å². The molecular formula is C56H36N2. The number of nitrogens with zero attached hydrogens (tertiary/aromatic N) is 2. The Morgan fingerprint density at radius 2 is 0.638 bits per heavy atom. The van der Waals surface area contributed by atoms with E-state index in [0.717, 1.165) is 28.1 Å². The first-order valence-electron chi connectivity index (χ1n) is 19.8. The normalized spacial score (nSPS) is 11.4. The molecule has 10 aromatic carbocycles. The van der Waals surface area contributed by atoms with Gasteiger partial charge in [-0.15, -0.1) is 0 Å². The summed E-state index contributed by atoms with van der Waals surface area (Å²) >= 11 is 0. The molecule has 0 fully saturated rings. The van der Waals surface area contributed by atoms with Gasteiger partial charge >= 0.3 is 0 Å². The molecule has 0 spiro atoms. The standard InChI is InChI=1S/C56H36N2/c1-4-14-37(15-5-1)44-28-30-48-50(34-44)54(46-26-24-38-16-10-12-22-42(38)32-46)49-31-29-45(35-51(49)55(48)47-27-25-39-17-11-13-23-43(39)33-47)53-36-52(40-18-6-2-7-19-40)57-56(58-53)41-20-8-3-9-21-41/h1-36H. The van der Waals surface area contributed by atoms with Crippen LogP contribution in [0.25, 0.3) is 110 Å². The Kier molecular flexibility index (Phi) is 8.19. The first-order chi connectivity index (χ1) is 28.7. The molecule has 1 heterocycles. The average molecular weight is 737 g/mol. The largest absolute Gasteiger partial charge is 0.228 e. The molecule has 270 valence electrons. The summed E-state index contributed by atoms with van der Waals surface area (Å²) in [5.41, 5.74) is 12.0. The highest BCUT2D eigenvalue weighted by Crippen LogP contribution is 2.47. The van der Waals surface area contributed by atoms with Gasteiger partial charge in [-0.2, -0.15) is 0 Å². The molecule has 0 aliphatic carbocycles. The molecule has 11 rings (SSSR count). The SMILES string of the molecule is c1ccc(-c2ccc3c(-c4ccc5ccccc5c4)c4cc(-c5cc(-c6ccccc6)nc(-c6ccccc6)n5)ccc4c(-c4ccc5ccccc5c4)c3c2)cc1. The zero-order chi connectivity index (χ0) is 38.4. The van der Waals surface area contributed by atoms with Crippen LogP contribution in [0.5, 0.6) is 0 Å². The van der Waals surface area contributed by atoms with Crippen LogP contribution in [0.4, 0.5) is 0 Å². The van der Waals surface area contributed by atoms with Crippen LogP contribution in [0, 0.1) is 0 Å². The summed E-state index contributed by atoms with van der Waals surface area (Å²) in [4.78, 5) is 10.4. The summed E-state index contributed by atoms with van der Waals surface area (Å²) in [6.07, 6.45) is 0. The minimum Gasteiger partial charge on any atom is -0.228 e. The van der Waals surface area contributed by atoms with Gasteiger partial charge in [0, 0.05) is 16.7 Å². The highest BCUT2D eigenvalue weighted by Gasteiger charge is 2.20. The topological polar surface area (TPSA) is 25.8 Å². The van der Waals surface area contributed by atoms with Gasteiger partial charge in [0.1, 0.15) is 0 Å². The predicted octanol–water partition coefficient (Wildman–Crippen LogP) is 15.1. The summed E-state index contributed by atoms with van der Waals surface area (Å²) in [6, 6.07) is 78.5. The maximum atomic E-state index is 5.26. The molecule has 0 radical (unpaired) electrons. The summed E-state index contributed by atoms with van der Waals surface area (Å²) in [5.74, 6) is 0.704. The molecule has 2 nitrogen and oxygen atoms in total. The van der Waals surface area contributed by atoms with E-state index in [9.17, 15) is 0 Å². The molecule has 0 bridgehead atoms. The number of fused-ring (bicyclic) bond motifs is 4. The zero-order valence-corrected chi connectivity index (χ0v) is 31.7. The first-order valence-corrected chi connectivity index (χ1v) is 19.8. The van der Waals surface area contributed by atoms with Gasteiger partial charge in [0.25, 0.3) is 0 Å². The van der Waals surface area contributed by atoms with Gasteiger partial charge in [0.2, 0.25) is 0 Å². The Balaban J connectivity index is 1.24. The number of rotatable bonds is 6. The summed E-state index contributed by atoms with van der Waals surface area (Å²) in [7, 11) is 0. The third-order valence-corrected chi connectivity index (χ3v) is 11.4. The molecule has 0 amide bonds. The first kappa shape index (κ1) is 33.6. The van der Waals surface area contributed by atoms with Crippen molar-refractivity contribution >= 4 is 43.1 Å². The lowest BCUT2D eigenvalue weighted by Gasteiger charge is -2.20. The van der Waals surface area contributed by atoms with Gasteiger partial charge in [0.05, 0.1) is 11.4 Å². The molecule has 0 atom stereocenters. The third kappa shape index (κ3) is 6.00. The fourth-order valence-electron chi connectivity index (χ4n) is 8.58. The van der Waals surface area contributed by atoms with E-state index >= 15 is 0 Å². The van der Waals surface area contributed by atoms with Gasteiger partial charge < -0.3 is 0 Å². The Labute approximate surface area is 337 Å². The van der Waals surface area contributed by atoms with Crippen molar-refractivity contribution in [1.82, 2.24) is 9.97 Å². The van der Waals surface area contributed by atoms with Crippen molar-refractivity contribution in [2.45, 2.75) is 0 Å². The smallest absolute Gasteiger partial charge is 0.160 e. The van der Waals surface area contributed by atoms with Crippen LogP contribution in [0.15, 0.2) is 218 Å². The van der Waals surface area contributed by atoms with Crippen LogP contribution in [-0.2, 0) is 0 Å². The van der Waals surface area contributed by atoms with Gasteiger partial charge in [-0.25, -0.2) is 9.97 Å². The maximum absolute atomic E-state index is 5.26. The van der Waals surface area contributed by atoms with Crippen LogP contribution >= 0.6 is 0 Å². The van der Waals surface area contributed by atoms with Crippen molar-refractivity contribution in [3.63, 3.8) is 0 Å². The van der Waals surface area contributed by atoms with E-state index in [1.807, 2.05) is 24.3 Å². The van der Waals surface area contributed by atoms with Crippen molar-refractivity contribution < 1.29 is 0 Å². The number of hydrogen-bond donors (Lipinski definition) is 0. The second kappa shape index (κ2) is 14.1. The van der Waals surface area contributed by atoms with Gasteiger partial charge in [-0.05, 0) is 107 Å². The molecule has 2 heteroatoms. The highest BCUT2D eigenvalue weighted by atomic mass is 14.9. The van der Waals surface area contributed by atoms with Crippen molar-refractivity contribution in [2.75, 3.05) is 0 Å². The highest BCUT2D eigenvalue weighted by molar-refractivity contribution is 6.23. The minimum absolute atomic E-state index is 0.704. The number of benzene rings is 10. The van der Waals surface area contributed by atoms with E-state index < -0.39 is 0 Å². The van der Waals surface area contributed by atoms with Gasteiger partial charge in [0.15, 0.2) is 5.82 Å². The van der Waals surface area contributed by atoms with Crippen molar-refractivity contribution in [3.05, 3.63) is 218 Å². The van der Waals surface area contributed by atoms with Crippen molar-refractivity contribution in [2.24, 2.45) is 0 Å². The number of hydrogen-bond acceptors (Lipinski definition) is 2. The molecule has 58 heavy (non-hydrogen) atoms. The predicted molar refractivity (Wildman–Crippen MR) is 245 cm³/mol. The molecule has 11 aromatic rings. The molecule has 0 N–H and O–H groups in total. The minimum atomic E-state index is 0.704. The molecule has 1 aromatic heterocycles. The Bertz CT molecular complexity index is 3260. The van der Waals surface area contributed by atoms with E-state index in [4.69, 9.17) is 9.97 Å². The maximum Gasteiger partial charge on any atom is 0.160 e. The van der Waals surface area contributed by atoms with Crippen LogP contribution < -0.4 is 0 Å². The second-order valence-electron chi connectivity index (χ2n) is 15.0. The lowest BCUT2D eigenvalue weighted by atomic mass is 9.83. The second-order valence-corrected chi connectivity index (χ2v) is 15.0. The molecule has 0 saturated carbocycles. The quantitative estimate of drug-likeness (QED) is 0.159. The Morgan fingerprint density at radius 3 is 1.19 bits per heavy atom. The number of aromatic nitrogens is 2. The van der Waals surface area contributed by atoms with E-state index in [0.29, 0.717) is 5.82 Å². The Hall–Kier alpha value is -7.68. The van der Waals surface area contributed by atoms with Gasteiger partial charge in [-0.3, -0.25) is 0 Å². The summed E-state index contributed by atoms with van der Waals surface area (Å²) in [5, 5.41) is 9.69. The fraction of sp³-hybridized carbons (Fsp3) is 0. The lowest BCUT2D eigenvalue weighted by molar-refractivity contribution is 1.18. The molecule has 0 unspecified atom stereocenters.